The summed E-state index contributed by atoms with van der Waals surface area (Å²) in [5.74, 6) is 0.894. The number of hydrogen-bond donors (Lipinski definition) is 2. The van der Waals surface area contributed by atoms with Crippen LogP contribution in [-0.2, 0) is 0 Å². The zero-order valence-corrected chi connectivity index (χ0v) is 9.60. The van der Waals surface area contributed by atoms with E-state index in [4.69, 9.17) is 15.9 Å². The first-order valence-corrected chi connectivity index (χ1v) is 5.29. The van der Waals surface area contributed by atoms with Gasteiger partial charge in [-0.15, -0.1) is 0 Å². The summed E-state index contributed by atoms with van der Waals surface area (Å²) in [5, 5.41) is 7.43. The van der Waals surface area contributed by atoms with Gasteiger partial charge in [-0.1, -0.05) is 30.3 Å². The van der Waals surface area contributed by atoms with Crippen molar-refractivity contribution in [2.24, 2.45) is 5.73 Å². The van der Waals surface area contributed by atoms with E-state index in [1.54, 1.807) is 7.11 Å². The van der Waals surface area contributed by atoms with Gasteiger partial charge in [0.15, 0.2) is 0 Å². The van der Waals surface area contributed by atoms with Gasteiger partial charge in [-0.3, -0.25) is 5.41 Å². The molecule has 3 nitrogen and oxygen atoms in total. The van der Waals surface area contributed by atoms with Crippen molar-refractivity contribution in [3.63, 3.8) is 0 Å². The summed E-state index contributed by atoms with van der Waals surface area (Å²) in [5.41, 5.74) is 8.28. The zero-order chi connectivity index (χ0) is 12.3. The Morgan fingerprint density at radius 1 is 1.06 bits per heavy atom. The van der Waals surface area contributed by atoms with Crippen LogP contribution in [-0.4, -0.2) is 12.9 Å². The van der Waals surface area contributed by atoms with E-state index in [0.29, 0.717) is 0 Å². The van der Waals surface area contributed by atoms with Gasteiger partial charge >= 0.3 is 0 Å². The number of rotatable bonds is 3. The van der Waals surface area contributed by atoms with Gasteiger partial charge in [0.1, 0.15) is 11.6 Å². The average Bonchev–Trinajstić information content (AvgIpc) is 2.39. The van der Waals surface area contributed by atoms with Crippen LogP contribution in [0.3, 0.4) is 0 Å². The quantitative estimate of drug-likeness (QED) is 0.624. The molecule has 0 aliphatic carbocycles. The lowest BCUT2D eigenvalue weighted by molar-refractivity contribution is 0.415. The summed E-state index contributed by atoms with van der Waals surface area (Å²) in [4.78, 5) is 0. The lowest BCUT2D eigenvalue weighted by Crippen LogP contribution is -2.10. The standard InChI is InChI=1S/C14H14N2O/c1-17-13-7-3-5-11(9-13)10-4-2-6-12(8-10)14(15)16/h2-9H,1H3,(H3,15,16). The molecule has 0 aliphatic rings. The Morgan fingerprint density at radius 2 is 1.71 bits per heavy atom. The van der Waals surface area contributed by atoms with Crippen molar-refractivity contribution in [3.05, 3.63) is 54.1 Å². The highest BCUT2D eigenvalue weighted by Gasteiger charge is 2.02. The van der Waals surface area contributed by atoms with Gasteiger partial charge in [-0.05, 0) is 29.3 Å². The molecule has 0 fully saturated rings. The van der Waals surface area contributed by atoms with Gasteiger partial charge in [-0.25, -0.2) is 0 Å². The van der Waals surface area contributed by atoms with Crippen molar-refractivity contribution in [1.29, 1.82) is 5.41 Å². The van der Waals surface area contributed by atoms with E-state index in [1.807, 2.05) is 48.5 Å². The molecule has 3 heteroatoms. The Kier molecular flexibility index (Phi) is 3.10. The first-order chi connectivity index (χ1) is 8.20. The van der Waals surface area contributed by atoms with Crippen LogP contribution < -0.4 is 10.5 Å². The number of nitrogens with two attached hydrogens (primary N) is 1. The third kappa shape index (κ3) is 2.45. The highest BCUT2D eigenvalue weighted by molar-refractivity contribution is 5.96. The summed E-state index contributed by atoms with van der Waals surface area (Å²) in [7, 11) is 1.64. The maximum atomic E-state index is 7.43. The molecule has 3 N–H and O–H groups in total. The van der Waals surface area contributed by atoms with E-state index >= 15 is 0 Å². The number of amidine groups is 1. The van der Waals surface area contributed by atoms with Gasteiger partial charge in [0.05, 0.1) is 7.11 Å². The number of hydrogen-bond acceptors (Lipinski definition) is 2. The first-order valence-electron chi connectivity index (χ1n) is 5.29. The molecular weight excluding hydrogens is 212 g/mol. The molecule has 2 aromatic carbocycles. The number of ether oxygens (including phenoxy) is 1. The molecule has 0 saturated carbocycles. The predicted molar refractivity (Wildman–Crippen MR) is 69.4 cm³/mol. The average molecular weight is 226 g/mol. The van der Waals surface area contributed by atoms with E-state index in [1.165, 1.54) is 0 Å². The molecule has 0 bridgehead atoms. The van der Waals surface area contributed by atoms with Crippen molar-refractivity contribution in [3.8, 4) is 16.9 Å². The van der Waals surface area contributed by atoms with Crippen LogP contribution in [0.15, 0.2) is 48.5 Å². The largest absolute Gasteiger partial charge is 0.497 e. The zero-order valence-electron chi connectivity index (χ0n) is 9.60. The molecule has 0 heterocycles. The Balaban J connectivity index is 2.45. The van der Waals surface area contributed by atoms with Gasteiger partial charge in [0.2, 0.25) is 0 Å². The Morgan fingerprint density at radius 3 is 2.35 bits per heavy atom. The summed E-state index contributed by atoms with van der Waals surface area (Å²) < 4.78 is 5.19. The van der Waals surface area contributed by atoms with Crippen molar-refractivity contribution in [2.45, 2.75) is 0 Å². The van der Waals surface area contributed by atoms with Crippen LogP contribution in [0.5, 0.6) is 5.75 Å². The second-order valence-electron chi connectivity index (χ2n) is 3.73. The third-order valence-corrected chi connectivity index (χ3v) is 2.58. The fourth-order valence-corrected chi connectivity index (χ4v) is 1.67. The minimum Gasteiger partial charge on any atom is -0.497 e. The molecule has 0 unspecified atom stereocenters. The summed E-state index contributed by atoms with van der Waals surface area (Å²) >= 11 is 0. The molecule has 86 valence electrons. The van der Waals surface area contributed by atoms with Crippen LogP contribution in [0.4, 0.5) is 0 Å². The second-order valence-corrected chi connectivity index (χ2v) is 3.73. The van der Waals surface area contributed by atoms with Gasteiger partial charge in [0, 0.05) is 5.56 Å². The molecule has 0 aliphatic heterocycles. The van der Waals surface area contributed by atoms with Crippen LogP contribution >= 0.6 is 0 Å². The Hall–Kier alpha value is -2.29. The summed E-state index contributed by atoms with van der Waals surface area (Å²) in [6.45, 7) is 0. The highest BCUT2D eigenvalue weighted by atomic mass is 16.5. The SMILES string of the molecule is COc1cccc(-c2cccc(C(=N)N)c2)c1. The van der Waals surface area contributed by atoms with Gasteiger partial charge in [-0.2, -0.15) is 0 Å². The lowest BCUT2D eigenvalue weighted by Gasteiger charge is -2.06. The number of nitrogen functional groups attached to an aromatic ring is 1. The van der Waals surface area contributed by atoms with E-state index in [2.05, 4.69) is 0 Å². The van der Waals surface area contributed by atoms with E-state index in [0.717, 1.165) is 22.4 Å². The highest BCUT2D eigenvalue weighted by Crippen LogP contribution is 2.24. The minimum atomic E-state index is 0.0785. The fourth-order valence-electron chi connectivity index (χ4n) is 1.67. The summed E-state index contributed by atoms with van der Waals surface area (Å²) in [6, 6.07) is 15.4. The first kappa shape index (κ1) is 11.2. The molecule has 0 amide bonds. The number of methoxy groups -OCH3 is 1. The molecular formula is C14H14N2O. The van der Waals surface area contributed by atoms with Gasteiger partial charge < -0.3 is 10.5 Å². The van der Waals surface area contributed by atoms with E-state index < -0.39 is 0 Å². The molecule has 17 heavy (non-hydrogen) atoms. The monoisotopic (exact) mass is 226 g/mol. The predicted octanol–water partition coefficient (Wildman–Crippen LogP) is 2.65. The minimum absolute atomic E-state index is 0.0785. The van der Waals surface area contributed by atoms with E-state index in [9.17, 15) is 0 Å². The van der Waals surface area contributed by atoms with Gasteiger partial charge in [0.25, 0.3) is 0 Å². The van der Waals surface area contributed by atoms with Crippen LogP contribution in [0.2, 0.25) is 0 Å². The smallest absolute Gasteiger partial charge is 0.122 e. The van der Waals surface area contributed by atoms with Crippen molar-refractivity contribution < 1.29 is 4.74 Å². The Labute approximate surface area is 100 Å². The fraction of sp³-hybridized carbons (Fsp3) is 0.0714. The molecule has 0 saturated heterocycles. The second kappa shape index (κ2) is 4.70. The molecule has 2 aromatic rings. The van der Waals surface area contributed by atoms with Crippen LogP contribution in [0.25, 0.3) is 11.1 Å². The van der Waals surface area contributed by atoms with Crippen molar-refractivity contribution >= 4 is 5.84 Å². The normalized spacial score (nSPS) is 9.94. The number of benzene rings is 2. The summed E-state index contributed by atoms with van der Waals surface area (Å²) in [6.07, 6.45) is 0. The molecule has 0 aromatic heterocycles. The lowest BCUT2D eigenvalue weighted by atomic mass is 10.0. The molecule has 0 spiro atoms. The maximum absolute atomic E-state index is 7.43. The number of nitrogens with one attached hydrogen (secondary N) is 1. The van der Waals surface area contributed by atoms with Crippen LogP contribution in [0.1, 0.15) is 5.56 Å². The third-order valence-electron chi connectivity index (χ3n) is 2.58. The molecule has 0 radical (unpaired) electrons. The Bertz CT molecular complexity index is 549. The van der Waals surface area contributed by atoms with Crippen LogP contribution in [0, 0.1) is 5.41 Å². The molecule has 2 rings (SSSR count). The maximum Gasteiger partial charge on any atom is 0.122 e. The van der Waals surface area contributed by atoms with E-state index in [-0.39, 0.29) is 5.84 Å². The topological polar surface area (TPSA) is 59.1 Å². The molecule has 0 atom stereocenters. The van der Waals surface area contributed by atoms with Crippen molar-refractivity contribution in [2.75, 3.05) is 7.11 Å². The van der Waals surface area contributed by atoms with Crippen molar-refractivity contribution in [1.82, 2.24) is 0 Å².